The van der Waals surface area contributed by atoms with E-state index in [1.807, 2.05) is 0 Å². The summed E-state index contributed by atoms with van der Waals surface area (Å²) >= 11 is 5.62. The van der Waals surface area contributed by atoms with Gasteiger partial charge in [-0.05, 0) is 39.0 Å². The zero-order chi connectivity index (χ0) is 8.69. The van der Waals surface area contributed by atoms with Gasteiger partial charge in [-0.2, -0.15) is 0 Å². The Bertz CT molecular complexity index is 125. The van der Waals surface area contributed by atoms with Crippen molar-refractivity contribution in [3.8, 4) is 0 Å². The van der Waals surface area contributed by atoms with Crippen LogP contribution in [-0.2, 0) is 0 Å². The van der Waals surface area contributed by atoms with Crippen LogP contribution in [0.25, 0.3) is 0 Å². The largest absolute Gasteiger partial charge is 2.00 e. The van der Waals surface area contributed by atoms with Crippen LogP contribution in [0.2, 0.25) is 0 Å². The van der Waals surface area contributed by atoms with Gasteiger partial charge in [0, 0.05) is 5.88 Å². The molecule has 0 spiro atoms. The first-order valence-electron chi connectivity index (χ1n) is 4.36. The van der Waals surface area contributed by atoms with Gasteiger partial charge in [0.25, 0.3) is 0 Å². The van der Waals surface area contributed by atoms with E-state index in [-0.39, 0.29) is 25.9 Å². The second-order valence-corrected chi connectivity index (χ2v) is 3.82. The van der Waals surface area contributed by atoms with Crippen molar-refractivity contribution in [2.45, 2.75) is 40.0 Å². The summed E-state index contributed by atoms with van der Waals surface area (Å²) < 4.78 is 0. The van der Waals surface area contributed by atoms with Gasteiger partial charge in [-0.3, -0.25) is 0 Å². The van der Waals surface area contributed by atoms with Crippen LogP contribution in [0.4, 0.5) is 0 Å². The average Bonchev–Trinajstić information content (AvgIpc) is 1.87. The van der Waals surface area contributed by atoms with E-state index in [9.17, 15) is 0 Å². The molecule has 0 aromatic rings. The molecule has 1 atom stereocenters. The molecule has 0 heterocycles. The Kier molecular flexibility index (Phi) is 12.6. The number of halogens is 1. The molecule has 0 saturated carbocycles. The molecule has 0 amide bonds. The van der Waals surface area contributed by atoms with Crippen LogP contribution in [0.15, 0.2) is 11.6 Å². The van der Waals surface area contributed by atoms with Gasteiger partial charge >= 0.3 is 23.1 Å². The molecule has 0 rings (SSSR count). The van der Waals surface area contributed by atoms with Crippen LogP contribution in [0, 0.1) is 5.92 Å². The second-order valence-electron chi connectivity index (χ2n) is 3.44. The standard InChI is InChI=1S/C10H19Cl.Mg.2H/c1-9(2)5-4-6-10(3)7-8-11;;;/h5,10H,4,6-8H2,1-3H3;;;/q;+2;2*-1. The number of alkyl halides is 1. The van der Waals surface area contributed by atoms with Gasteiger partial charge in [0.2, 0.25) is 0 Å². The Balaban J connectivity index is -0.000000167. The number of hydrogen-bond donors (Lipinski definition) is 0. The molecule has 0 nitrogen and oxygen atoms in total. The van der Waals surface area contributed by atoms with Crippen molar-refractivity contribution in [3.63, 3.8) is 0 Å². The summed E-state index contributed by atoms with van der Waals surface area (Å²) in [6.45, 7) is 6.56. The molecule has 1 unspecified atom stereocenters. The molecule has 12 heavy (non-hydrogen) atoms. The zero-order valence-corrected chi connectivity index (χ0v) is 10.7. The molecule has 0 saturated heterocycles. The smallest absolute Gasteiger partial charge is 1.00 e. The molecule has 0 fully saturated rings. The summed E-state index contributed by atoms with van der Waals surface area (Å²) in [4.78, 5) is 0. The Hall–Kier alpha value is 0.796. The average molecular weight is 201 g/mol. The van der Waals surface area contributed by atoms with Gasteiger partial charge in [-0.15, -0.1) is 11.6 Å². The molecule has 0 aliphatic carbocycles. The van der Waals surface area contributed by atoms with Crippen LogP contribution >= 0.6 is 11.6 Å². The number of allylic oxidation sites excluding steroid dienone is 2. The molecule has 0 aliphatic rings. The van der Waals surface area contributed by atoms with Crippen molar-refractivity contribution in [1.82, 2.24) is 0 Å². The third kappa shape index (κ3) is 10.8. The normalized spacial score (nSPS) is 11.7. The first-order chi connectivity index (χ1) is 5.16. The molecular weight excluding hydrogens is 180 g/mol. The van der Waals surface area contributed by atoms with Gasteiger partial charge in [0.05, 0.1) is 0 Å². The molecule has 0 N–H and O–H groups in total. The van der Waals surface area contributed by atoms with E-state index in [4.69, 9.17) is 11.6 Å². The first kappa shape index (κ1) is 15.3. The van der Waals surface area contributed by atoms with E-state index in [0.29, 0.717) is 0 Å². The molecule has 0 aromatic carbocycles. The van der Waals surface area contributed by atoms with Crippen molar-refractivity contribution in [2.24, 2.45) is 5.92 Å². The van der Waals surface area contributed by atoms with Crippen LogP contribution in [0.1, 0.15) is 42.9 Å². The van der Waals surface area contributed by atoms with Gasteiger partial charge in [-0.25, -0.2) is 0 Å². The number of rotatable bonds is 5. The fourth-order valence-electron chi connectivity index (χ4n) is 0.987. The van der Waals surface area contributed by atoms with Crippen molar-refractivity contribution >= 4 is 34.7 Å². The molecule has 2 heteroatoms. The van der Waals surface area contributed by atoms with Crippen molar-refractivity contribution in [3.05, 3.63) is 11.6 Å². The summed E-state index contributed by atoms with van der Waals surface area (Å²) in [5, 5.41) is 0. The van der Waals surface area contributed by atoms with Crippen LogP contribution in [0.3, 0.4) is 0 Å². The van der Waals surface area contributed by atoms with Crippen molar-refractivity contribution < 1.29 is 2.85 Å². The third-order valence-corrected chi connectivity index (χ3v) is 2.03. The number of hydrogen-bond acceptors (Lipinski definition) is 0. The van der Waals surface area contributed by atoms with E-state index in [1.165, 1.54) is 18.4 Å². The third-order valence-electron chi connectivity index (χ3n) is 1.81. The van der Waals surface area contributed by atoms with Crippen LogP contribution in [-0.4, -0.2) is 28.9 Å². The second kappa shape index (κ2) is 9.88. The van der Waals surface area contributed by atoms with Crippen molar-refractivity contribution in [1.29, 1.82) is 0 Å². The molecular formula is C10H21ClMg. The fourth-order valence-corrected chi connectivity index (χ4v) is 1.36. The maximum Gasteiger partial charge on any atom is 2.00 e. The predicted octanol–water partition coefficient (Wildman–Crippen LogP) is 3.84. The van der Waals surface area contributed by atoms with Crippen molar-refractivity contribution in [2.75, 3.05) is 5.88 Å². The minimum atomic E-state index is 0. The summed E-state index contributed by atoms with van der Waals surface area (Å²) in [7, 11) is 0. The molecule has 0 aliphatic heterocycles. The quantitative estimate of drug-likeness (QED) is 0.360. The first-order valence-corrected chi connectivity index (χ1v) is 4.89. The van der Waals surface area contributed by atoms with Crippen LogP contribution < -0.4 is 0 Å². The zero-order valence-electron chi connectivity index (χ0n) is 10.6. The maximum atomic E-state index is 5.62. The van der Waals surface area contributed by atoms with E-state index in [0.717, 1.165) is 18.2 Å². The summed E-state index contributed by atoms with van der Waals surface area (Å²) in [6.07, 6.45) is 5.93. The predicted molar refractivity (Wildman–Crippen MR) is 61.1 cm³/mol. The van der Waals surface area contributed by atoms with Gasteiger partial charge in [0.15, 0.2) is 0 Å². The Labute approximate surface area is 101 Å². The minimum Gasteiger partial charge on any atom is -1.00 e. The Morgan fingerprint density at radius 1 is 1.42 bits per heavy atom. The molecule has 0 bridgehead atoms. The van der Waals surface area contributed by atoms with Gasteiger partial charge < -0.3 is 2.85 Å². The Morgan fingerprint density at radius 2 is 2.00 bits per heavy atom. The minimum absolute atomic E-state index is 0. The van der Waals surface area contributed by atoms with E-state index in [2.05, 4.69) is 26.8 Å². The van der Waals surface area contributed by atoms with E-state index >= 15 is 0 Å². The summed E-state index contributed by atoms with van der Waals surface area (Å²) in [5.74, 6) is 1.58. The maximum absolute atomic E-state index is 5.62. The van der Waals surface area contributed by atoms with Gasteiger partial charge in [-0.1, -0.05) is 18.6 Å². The van der Waals surface area contributed by atoms with E-state index in [1.54, 1.807) is 0 Å². The monoisotopic (exact) mass is 200 g/mol. The molecule has 0 aromatic heterocycles. The van der Waals surface area contributed by atoms with Crippen LogP contribution in [0.5, 0.6) is 0 Å². The van der Waals surface area contributed by atoms with Gasteiger partial charge in [0.1, 0.15) is 0 Å². The molecule has 70 valence electrons. The molecule has 0 radical (unpaired) electrons. The summed E-state index contributed by atoms with van der Waals surface area (Å²) in [6, 6.07) is 0. The Morgan fingerprint density at radius 3 is 2.42 bits per heavy atom. The SMILES string of the molecule is CC(C)=CCCC(C)CCCl.[H-].[H-].[Mg+2]. The topological polar surface area (TPSA) is 0 Å². The van der Waals surface area contributed by atoms with E-state index < -0.39 is 0 Å². The fraction of sp³-hybridized carbons (Fsp3) is 0.800. The summed E-state index contributed by atoms with van der Waals surface area (Å²) in [5.41, 5.74) is 1.42.